The summed E-state index contributed by atoms with van der Waals surface area (Å²) < 4.78 is 7.41. The van der Waals surface area contributed by atoms with Gasteiger partial charge in [0.15, 0.2) is 11.9 Å². The topological polar surface area (TPSA) is 56.1 Å². The second-order valence-electron chi connectivity index (χ2n) is 5.43. The van der Waals surface area contributed by atoms with E-state index in [1.165, 1.54) is 0 Å². The molecule has 5 heteroatoms. The zero-order valence-corrected chi connectivity index (χ0v) is 12.6. The molecule has 0 radical (unpaired) electrons. The number of aryl methyl sites for hydroxylation is 1. The molecule has 0 bridgehead atoms. The van der Waals surface area contributed by atoms with Crippen molar-refractivity contribution < 1.29 is 9.53 Å². The molecule has 1 unspecified atom stereocenters. The third-order valence-corrected chi connectivity index (χ3v) is 3.09. The molecule has 1 N–H and O–H groups in total. The molecular formula is C14H25N3O2. The molecule has 0 saturated carbocycles. The number of hydrogen-bond donors (Lipinski definition) is 1. The molecule has 5 nitrogen and oxygen atoms in total. The fourth-order valence-electron chi connectivity index (χ4n) is 1.54. The van der Waals surface area contributed by atoms with Gasteiger partial charge in [-0.3, -0.25) is 9.48 Å². The van der Waals surface area contributed by atoms with Crippen molar-refractivity contribution >= 4 is 5.91 Å². The van der Waals surface area contributed by atoms with Crippen LogP contribution in [0.2, 0.25) is 0 Å². The molecule has 0 saturated heterocycles. The number of rotatable bonds is 7. The van der Waals surface area contributed by atoms with Crippen molar-refractivity contribution in [3.8, 4) is 5.75 Å². The summed E-state index contributed by atoms with van der Waals surface area (Å²) in [6, 6.07) is 0. The lowest BCUT2D eigenvalue weighted by Gasteiger charge is -2.26. The van der Waals surface area contributed by atoms with Gasteiger partial charge in [0.05, 0.1) is 12.4 Å². The molecule has 0 fully saturated rings. The average molecular weight is 267 g/mol. The minimum atomic E-state index is -0.523. The second-order valence-corrected chi connectivity index (χ2v) is 5.43. The summed E-state index contributed by atoms with van der Waals surface area (Å²) >= 11 is 0. The lowest BCUT2D eigenvalue weighted by molar-refractivity contribution is -0.128. The molecule has 0 spiro atoms. The van der Waals surface area contributed by atoms with E-state index in [9.17, 15) is 4.79 Å². The molecule has 108 valence electrons. The fourth-order valence-corrected chi connectivity index (χ4v) is 1.54. The Morgan fingerprint density at radius 2 is 2.21 bits per heavy atom. The minimum absolute atomic E-state index is 0.102. The number of aromatic nitrogens is 2. The van der Waals surface area contributed by atoms with E-state index in [1.807, 2.05) is 31.6 Å². The van der Waals surface area contributed by atoms with E-state index in [4.69, 9.17) is 4.74 Å². The molecule has 1 rings (SSSR count). The second kappa shape index (κ2) is 6.59. The van der Waals surface area contributed by atoms with Gasteiger partial charge in [0, 0.05) is 12.1 Å². The smallest absolute Gasteiger partial charge is 0.261 e. The summed E-state index contributed by atoms with van der Waals surface area (Å²) in [6.07, 6.45) is 4.83. The van der Waals surface area contributed by atoms with Gasteiger partial charge >= 0.3 is 0 Å². The highest BCUT2D eigenvalue weighted by Crippen LogP contribution is 2.12. The maximum absolute atomic E-state index is 12.0. The van der Waals surface area contributed by atoms with E-state index in [1.54, 1.807) is 13.1 Å². The average Bonchev–Trinajstić information content (AvgIpc) is 2.76. The minimum Gasteiger partial charge on any atom is -0.478 e. The van der Waals surface area contributed by atoms with Crippen LogP contribution < -0.4 is 10.1 Å². The Hall–Kier alpha value is -1.52. The van der Waals surface area contributed by atoms with Crippen molar-refractivity contribution in [1.82, 2.24) is 15.1 Å². The Morgan fingerprint density at radius 3 is 2.79 bits per heavy atom. The van der Waals surface area contributed by atoms with Gasteiger partial charge in [0.2, 0.25) is 0 Å². The number of amides is 1. The van der Waals surface area contributed by atoms with Gasteiger partial charge in [-0.25, -0.2) is 0 Å². The third kappa shape index (κ3) is 4.93. The van der Waals surface area contributed by atoms with E-state index in [0.29, 0.717) is 5.75 Å². The van der Waals surface area contributed by atoms with E-state index in [-0.39, 0.29) is 11.4 Å². The van der Waals surface area contributed by atoms with E-state index >= 15 is 0 Å². The van der Waals surface area contributed by atoms with Crippen LogP contribution in [0.3, 0.4) is 0 Å². The molecule has 1 amide bonds. The summed E-state index contributed by atoms with van der Waals surface area (Å²) in [4.78, 5) is 12.0. The van der Waals surface area contributed by atoms with Crippen LogP contribution in [0.4, 0.5) is 0 Å². The van der Waals surface area contributed by atoms with Gasteiger partial charge in [-0.1, -0.05) is 13.8 Å². The Kier molecular flexibility index (Phi) is 5.39. The maximum Gasteiger partial charge on any atom is 0.261 e. The van der Waals surface area contributed by atoms with Crippen LogP contribution in [-0.2, 0) is 11.3 Å². The maximum atomic E-state index is 12.0. The standard InChI is InChI=1S/C14H25N3O2/c1-6-8-17-10-12(9-15-17)19-11(3)13(18)16-14(4,5)7-2/h9-11H,6-8H2,1-5H3,(H,16,18). The lowest BCUT2D eigenvalue weighted by atomic mass is 10.0. The van der Waals surface area contributed by atoms with Crippen molar-refractivity contribution in [2.45, 2.75) is 65.6 Å². The van der Waals surface area contributed by atoms with E-state index < -0.39 is 6.10 Å². The van der Waals surface area contributed by atoms with Crippen molar-refractivity contribution in [2.75, 3.05) is 0 Å². The lowest BCUT2D eigenvalue weighted by Crippen LogP contribution is -2.48. The van der Waals surface area contributed by atoms with E-state index in [2.05, 4.69) is 17.3 Å². The number of carbonyl (C=O) groups excluding carboxylic acids is 1. The first-order chi connectivity index (χ1) is 8.88. The summed E-state index contributed by atoms with van der Waals surface area (Å²) in [7, 11) is 0. The predicted octanol–water partition coefficient (Wildman–Crippen LogP) is 2.37. The van der Waals surface area contributed by atoms with Crippen molar-refractivity contribution in [3.63, 3.8) is 0 Å². The van der Waals surface area contributed by atoms with Crippen molar-refractivity contribution in [3.05, 3.63) is 12.4 Å². The summed E-state index contributed by atoms with van der Waals surface area (Å²) in [5.41, 5.74) is -0.207. The van der Waals surface area contributed by atoms with Gasteiger partial charge in [-0.05, 0) is 33.6 Å². The predicted molar refractivity (Wildman–Crippen MR) is 75.1 cm³/mol. The third-order valence-electron chi connectivity index (χ3n) is 3.09. The zero-order chi connectivity index (χ0) is 14.5. The van der Waals surface area contributed by atoms with Gasteiger partial charge in [0.25, 0.3) is 5.91 Å². The molecule has 1 atom stereocenters. The van der Waals surface area contributed by atoms with Crippen LogP contribution in [0.1, 0.15) is 47.5 Å². The SMILES string of the molecule is CCCn1cc(OC(C)C(=O)NC(C)(C)CC)cn1. The first-order valence-electron chi connectivity index (χ1n) is 6.89. The molecule has 19 heavy (non-hydrogen) atoms. The fraction of sp³-hybridized carbons (Fsp3) is 0.714. The molecule has 0 aliphatic carbocycles. The van der Waals surface area contributed by atoms with Crippen LogP contribution in [0.5, 0.6) is 5.75 Å². The van der Waals surface area contributed by atoms with Gasteiger partial charge < -0.3 is 10.1 Å². The summed E-state index contributed by atoms with van der Waals surface area (Å²) in [5, 5.41) is 7.14. The molecular weight excluding hydrogens is 242 g/mol. The number of carbonyl (C=O) groups is 1. The van der Waals surface area contributed by atoms with Crippen LogP contribution in [-0.4, -0.2) is 27.3 Å². The normalized spacial score (nSPS) is 13.1. The highest BCUT2D eigenvalue weighted by atomic mass is 16.5. The highest BCUT2D eigenvalue weighted by Gasteiger charge is 2.23. The van der Waals surface area contributed by atoms with Crippen molar-refractivity contribution in [1.29, 1.82) is 0 Å². The first-order valence-corrected chi connectivity index (χ1v) is 6.89. The van der Waals surface area contributed by atoms with Crippen LogP contribution in [0.15, 0.2) is 12.4 Å². The summed E-state index contributed by atoms with van der Waals surface area (Å²) in [6.45, 7) is 10.7. The molecule has 1 aromatic rings. The van der Waals surface area contributed by atoms with Gasteiger partial charge in [-0.2, -0.15) is 5.10 Å². The molecule has 0 aliphatic rings. The number of nitrogens with one attached hydrogen (secondary N) is 1. The number of nitrogens with zero attached hydrogens (tertiary/aromatic N) is 2. The number of hydrogen-bond acceptors (Lipinski definition) is 3. The van der Waals surface area contributed by atoms with E-state index in [0.717, 1.165) is 19.4 Å². The zero-order valence-electron chi connectivity index (χ0n) is 12.6. The number of ether oxygens (including phenoxy) is 1. The Bertz CT molecular complexity index is 413. The Balaban J connectivity index is 2.53. The van der Waals surface area contributed by atoms with Crippen LogP contribution >= 0.6 is 0 Å². The highest BCUT2D eigenvalue weighted by molar-refractivity contribution is 5.81. The monoisotopic (exact) mass is 267 g/mol. The van der Waals surface area contributed by atoms with Gasteiger partial charge in [0.1, 0.15) is 0 Å². The molecule has 1 heterocycles. The van der Waals surface area contributed by atoms with Gasteiger partial charge in [-0.15, -0.1) is 0 Å². The molecule has 1 aromatic heterocycles. The van der Waals surface area contributed by atoms with Crippen LogP contribution in [0, 0.1) is 0 Å². The molecule has 0 aromatic carbocycles. The largest absolute Gasteiger partial charge is 0.478 e. The quantitative estimate of drug-likeness (QED) is 0.825. The Labute approximate surface area is 115 Å². The van der Waals surface area contributed by atoms with Crippen LogP contribution in [0.25, 0.3) is 0 Å². The first kappa shape index (κ1) is 15.5. The van der Waals surface area contributed by atoms with Crippen molar-refractivity contribution in [2.24, 2.45) is 0 Å². The Morgan fingerprint density at radius 1 is 1.53 bits per heavy atom. The molecule has 0 aliphatic heterocycles. The summed E-state index contributed by atoms with van der Waals surface area (Å²) in [5.74, 6) is 0.528.